The lowest BCUT2D eigenvalue weighted by Crippen LogP contribution is -2.26. The van der Waals surface area contributed by atoms with Crippen molar-refractivity contribution in [3.8, 4) is 11.5 Å². The summed E-state index contributed by atoms with van der Waals surface area (Å²) < 4.78 is 10.6. The van der Waals surface area contributed by atoms with Gasteiger partial charge in [0.15, 0.2) is 11.5 Å². The average molecular weight is 339 g/mol. The molecule has 0 aliphatic carbocycles. The summed E-state index contributed by atoms with van der Waals surface area (Å²) in [6, 6.07) is 8.46. The molecule has 0 fully saturated rings. The average Bonchev–Trinajstić information content (AvgIpc) is 3.12. The van der Waals surface area contributed by atoms with Crippen molar-refractivity contribution in [3.05, 3.63) is 66.0 Å². The van der Waals surface area contributed by atoms with Crippen LogP contribution in [0, 0.1) is 0 Å². The summed E-state index contributed by atoms with van der Waals surface area (Å²) in [7, 11) is 0. The molecule has 0 atom stereocenters. The fraction of sp³-hybridized carbons (Fsp3) is 0.167. The molecule has 0 spiro atoms. The van der Waals surface area contributed by atoms with Gasteiger partial charge < -0.3 is 20.1 Å². The molecule has 0 unspecified atom stereocenters. The summed E-state index contributed by atoms with van der Waals surface area (Å²) in [5.74, 6) is 0.698. The van der Waals surface area contributed by atoms with Crippen LogP contribution in [-0.4, -0.2) is 30.1 Å². The molecule has 3 rings (SSSR count). The van der Waals surface area contributed by atoms with Crippen LogP contribution in [0.15, 0.2) is 49.2 Å². The number of fused-ring (bicyclic) bond motifs is 1. The second-order valence-electron chi connectivity index (χ2n) is 5.30. The second-order valence-corrected chi connectivity index (χ2v) is 5.30. The molecule has 2 heterocycles. The molecule has 7 heteroatoms. The standard InChI is InChI=1S/C18H17N3O4/c1-2-6-20-17(22)13-5-7-19-14(9-13)18(23)21-10-12-3-4-15-16(8-12)25-11-24-15/h2-5,7-9H,1,6,10-11H2,(H,20,22)(H,21,23). The molecule has 1 aromatic carbocycles. The summed E-state index contributed by atoms with van der Waals surface area (Å²) in [6.45, 7) is 4.41. The molecule has 0 saturated heterocycles. The van der Waals surface area contributed by atoms with Crippen LogP contribution in [0.1, 0.15) is 26.4 Å². The lowest BCUT2D eigenvalue weighted by atomic mass is 10.2. The topological polar surface area (TPSA) is 89.6 Å². The Morgan fingerprint density at radius 2 is 1.96 bits per heavy atom. The maximum absolute atomic E-state index is 12.3. The van der Waals surface area contributed by atoms with Crippen molar-refractivity contribution in [1.82, 2.24) is 15.6 Å². The Kier molecular flexibility index (Phi) is 4.94. The molecule has 2 N–H and O–H groups in total. The van der Waals surface area contributed by atoms with Gasteiger partial charge >= 0.3 is 0 Å². The molecule has 7 nitrogen and oxygen atoms in total. The predicted octanol–water partition coefficient (Wildman–Crippen LogP) is 1.66. The van der Waals surface area contributed by atoms with E-state index in [0.29, 0.717) is 30.2 Å². The van der Waals surface area contributed by atoms with Crippen molar-refractivity contribution < 1.29 is 19.1 Å². The Bertz CT molecular complexity index is 820. The summed E-state index contributed by atoms with van der Waals surface area (Å²) in [6.07, 6.45) is 3.01. The highest BCUT2D eigenvalue weighted by Crippen LogP contribution is 2.32. The van der Waals surface area contributed by atoms with Crippen molar-refractivity contribution in [2.24, 2.45) is 0 Å². The van der Waals surface area contributed by atoms with E-state index in [2.05, 4.69) is 22.2 Å². The zero-order chi connectivity index (χ0) is 17.6. The number of nitrogens with zero attached hydrogens (tertiary/aromatic N) is 1. The number of rotatable bonds is 6. The normalized spacial score (nSPS) is 11.7. The first-order valence-corrected chi connectivity index (χ1v) is 7.69. The molecule has 0 saturated carbocycles. The van der Waals surface area contributed by atoms with E-state index in [0.717, 1.165) is 5.56 Å². The Morgan fingerprint density at radius 3 is 2.80 bits per heavy atom. The zero-order valence-corrected chi connectivity index (χ0v) is 13.5. The number of carbonyl (C=O) groups is 2. The first kappa shape index (κ1) is 16.5. The Labute approximate surface area is 144 Å². The van der Waals surface area contributed by atoms with Crippen molar-refractivity contribution in [2.45, 2.75) is 6.54 Å². The summed E-state index contributed by atoms with van der Waals surface area (Å²) in [4.78, 5) is 28.2. The van der Waals surface area contributed by atoms with Crippen LogP contribution < -0.4 is 20.1 Å². The van der Waals surface area contributed by atoms with Crippen molar-refractivity contribution >= 4 is 11.8 Å². The minimum atomic E-state index is -0.365. The predicted molar refractivity (Wildman–Crippen MR) is 90.5 cm³/mol. The summed E-state index contributed by atoms with van der Waals surface area (Å²) in [5.41, 5.74) is 1.41. The number of carbonyl (C=O) groups excluding carboxylic acids is 2. The van der Waals surface area contributed by atoms with Gasteiger partial charge in [-0.1, -0.05) is 12.1 Å². The Balaban J connectivity index is 1.63. The number of ether oxygens (including phenoxy) is 2. The number of amides is 2. The van der Waals surface area contributed by atoms with Crippen LogP contribution in [0.3, 0.4) is 0 Å². The monoisotopic (exact) mass is 339 g/mol. The quantitative estimate of drug-likeness (QED) is 0.781. The minimum absolute atomic E-state index is 0.173. The van der Waals surface area contributed by atoms with E-state index in [-0.39, 0.29) is 24.3 Å². The molecule has 1 aliphatic rings. The van der Waals surface area contributed by atoms with E-state index < -0.39 is 0 Å². The maximum atomic E-state index is 12.3. The van der Waals surface area contributed by atoms with Crippen molar-refractivity contribution in [1.29, 1.82) is 0 Å². The van der Waals surface area contributed by atoms with E-state index in [4.69, 9.17) is 9.47 Å². The molecule has 0 radical (unpaired) electrons. The molecule has 128 valence electrons. The van der Waals surface area contributed by atoms with Crippen molar-refractivity contribution in [2.75, 3.05) is 13.3 Å². The van der Waals surface area contributed by atoms with Gasteiger partial charge in [0.25, 0.3) is 11.8 Å². The lowest BCUT2D eigenvalue weighted by Gasteiger charge is -2.07. The number of nitrogens with one attached hydrogen (secondary N) is 2. The van der Waals surface area contributed by atoms with E-state index in [1.54, 1.807) is 18.2 Å². The molecule has 1 aromatic heterocycles. The highest BCUT2D eigenvalue weighted by molar-refractivity contribution is 5.98. The molecule has 1 aliphatic heterocycles. The third-order valence-electron chi connectivity index (χ3n) is 3.55. The van der Waals surface area contributed by atoms with E-state index >= 15 is 0 Å². The van der Waals surface area contributed by atoms with E-state index in [9.17, 15) is 9.59 Å². The molecular formula is C18H17N3O4. The van der Waals surface area contributed by atoms with Crippen LogP contribution >= 0.6 is 0 Å². The first-order chi connectivity index (χ1) is 12.2. The van der Waals surface area contributed by atoms with Crippen LogP contribution in [0.2, 0.25) is 0 Å². The van der Waals surface area contributed by atoms with Gasteiger partial charge in [0, 0.05) is 24.8 Å². The summed E-state index contributed by atoms with van der Waals surface area (Å²) in [5, 5.41) is 5.42. The Morgan fingerprint density at radius 1 is 1.12 bits per heavy atom. The van der Waals surface area contributed by atoms with Gasteiger partial charge in [0.05, 0.1) is 0 Å². The van der Waals surface area contributed by atoms with E-state index in [1.165, 1.54) is 12.3 Å². The largest absolute Gasteiger partial charge is 0.454 e. The van der Waals surface area contributed by atoms with Gasteiger partial charge in [0.2, 0.25) is 6.79 Å². The molecular weight excluding hydrogens is 322 g/mol. The fourth-order valence-electron chi connectivity index (χ4n) is 2.29. The molecule has 0 bridgehead atoms. The number of hydrogen-bond donors (Lipinski definition) is 2. The fourth-order valence-corrected chi connectivity index (χ4v) is 2.29. The molecule has 2 aromatic rings. The number of benzene rings is 1. The van der Waals surface area contributed by atoms with Crippen LogP contribution in [-0.2, 0) is 6.54 Å². The second kappa shape index (κ2) is 7.48. The SMILES string of the molecule is C=CCNC(=O)c1ccnc(C(=O)NCc2ccc3c(c2)OCO3)c1. The maximum Gasteiger partial charge on any atom is 0.270 e. The van der Waals surface area contributed by atoms with Gasteiger partial charge in [-0.3, -0.25) is 14.6 Å². The van der Waals surface area contributed by atoms with Gasteiger partial charge in [-0.05, 0) is 29.8 Å². The molecule has 2 amide bonds. The van der Waals surface area contributed by atoms with Gasteiger partial charge in [-0.25, -0.2) is 0 Å². The van der Waals surface area contributed by atoms with Crippen LogP contribution in [0.5, 0.6) is 11.5 Å². The zero-order valence-electron chi connectivity index (χ0n) is 13.5. The Hall–Kier alpha value is -3.35. The van der Waals surface area contributed by atoms with Crippen molar-refractivity contribution in [3.63, 3.8) is 0 Å². The smallest absolute Gasteiger partial charge is 0.270 e. The first-order valence-electron chi connectivity index (χ1n) is 7.69. The third-order valence-corrected chi connectivity index (χ3v) is 3.55. The van der Waals surface area contributed by atoms with Crippen LogP contribution in [0.25, 0.3) is 0 Å². The number of hydrogen-bond acceptors (Lipinski definition) is 5. The summed E-state index contributed by atoms with van der Waals surface area (Å²) >= 11 is 0. The number of aromatic nitrogens is 1. The van der Waals surface area contributed by atoms with Crippen LogP contribution in [0.4, 0.5) is 0 Å². The number of pyridine rings is 1. The van der Waals surface area contributed by atoms with Gasteiger partial charge in [0.1, 0.15) is 5.69 Å². The molecule has 25 heavy (non-hydrogen) atoms. The van der Waals surface area contributed by atoms with Gasteiger partial charge in [-0.2, -0.15) is 0 Å². The van der Waals surface area contributed by atoms with Gasteiger partial charge in [-0.15, -0.1) is 6.58 Å². The highest BCUT2D eigenvalue weighted by atomic mass is 16.7. The highest BCUT2D eigenvalue weighted by Gasteiger charge is 2.14. The minimum Gasteiger partial charge on any atom is -0.454 e. The third kappa shape index (κ3) is 3.95. The van der Waals surface area contributed by atoms with E-state index in [1.807, 2.05) is 12.1 Å². The lowest BCUT2D eigenvalue weighted by molar-refractivity contribution is 0.0946.